The molecule has 0 radical (unpaired) electrons. The average Bonchev–Trinajstić information content (AvgIpc) is 2.99. The Morgan fingerprint density at radius 3 is 2.61 bits per heavy atom. The van der Waals surface area contributed by atoms with E-state index in [0.29, 0.717) is 11.4 Å². The summed E-state index contributed by atoms with van der Waals surface area (Å²) in [6, 6.07) is 0. The molecule has 2 fully saturated rings. The molecular formula is C16H23ClN4O2. The summed E-state index contributed by atoms with van der Waals surface area (Å²) in [7, 11) is 0. The van der Waals surface area contributed by atoms with Crippen LogP contribution in [0.5, 0.6) is 0 Å². The first-order valence-corrected chi connectivity index (χ1v) is 8.55. The fourth-order valence-corrected chi connectivity index (χ4v) is 3.80. The number of hydrogen-bond donors (Lipinski definition) is 0. The molecule has 0 saturated carbocycles. The molecule has 1 aromatic rings. The van der Waals surface area contributed by atoms with Gasteiger partial charge in [-0.1, -0.05) is 11.6 Å². The zero-order chi connectivity index (χ0) is 16.6. The molecule has 3 heterocycles. The third kappa shape index (κ3) is 3.22. The summed E-state index contributed by atoms with van der Waals surface area (Å²) in [6.45, 7) is 7.13. The van der Waals surface area contributed by atoms with Crippen LogP contribution in [-0.4, -0.2) is 57.6 Å². The van der Waals surface area contributed by atoms with E-state index in [9.17, 15) is 9.59 Å². The molecule has 0 unspecified atom stereocenters. The van der Waals surface area contributed by atoms with Crippen molar-refractivity contribution in [3.05, 3.63) is 16.9 Å². The average molecular weight is 339 g/mol. The second-order valence-electron chi connectivity index (χ2n) is 6.73. The van der Waals surface area contributed by atoms with Gasteiger partial charge in [-0.05, 0) is 26.7 Å². The summed E-state index contributed by atoms with van der Waals surface area (Å²) in [5.74, 6) is 0.324. The second-order valence-corrected chi connectivity index (χ2v) is 7.13. The Kier molecular flexibility index (Phi) is 4.36. The van der Waals surface area contributed by atoms with Gasteiger partial charge in [-0.15, -0.1) is 0 Å². The van der Waals surface area contributed by atoms with Crippen LogP contribution in [0.25, 0.3) is 0 Å². The van der Waals surface area contributed by atoms with E-state index in [1.54, 1.807) is 10.9 Å². The minimum Gasteiger partial charge on any atom is -0.342 e. The highest BCUT2D eigenvalue weighted by molar-refractivity contribution is 6.31. The van der Waals surface area contributed by atoms with Gasteiger partial charge in [0, 0.05) is 44.2 Å². The number of hydrogen-bond acceptors (Lipinski definition) is 3. The molecule has 2 saturated heterocycles. The second kappa shape index (κ2) is 6.15. The van der Waals surface area contributed by atoms with Crippen LogP contribution in [0.15, 0.2) is 6.20 Å². The molecule has 2 aliphatic heterocycles. The largest absolute Gasteiger partial charge is 0.342 e. The van der Waals surface area contributed by atoms with Crippen molar-refractivity contribution in [1.29, 1.82) is 0 Å². The van der Waals surface area contributed by atoms with E-state index in [4.69, 9.17) is 11.6 Å². The first-order valence-electron chi connectivity index (χ1n) is 8.17. The summed E-state index contributed by atoms with van der Waals surface area (Å²) in [5, 5.41) is 4.82. The molecule has 0 bridgehead atoms. The van der Waals surface area contributed by atoms with Gasteiger partial charge in [0.1, 0.15) is 6.54 Å². The number of carbonyl (C=O) groups excluding carboxylic acids is 2. The maximum atomic E-state index is 12.4. The van der Waals surface area contributed by atoms with E-state index in [2.05, 4.69) is 5.10 Å². The van der Waals surface area contributed by atoms with Gasteiger partial charge in [0.15, 0.2) is 0 Å². The van der Waals surface area contributed by atoms with Gasteiger partial charge in [0.2, 0.25) is 11.8 Å². The smallest absolute Gasteiger partial charge is 0.244 e. The van der Waals surface area contributed by atoms with Crippen molar-refractivity contribution in [2.75, 3.05) is 26.2 Å². The molecule has 126 valence electrons. The Morgan fingerprint density at radius 2 is 2.09 bits per heavy atom. The molecule has 23 heavy (non-hydrogen) atoms. The van der Waals surface area contributed by atoms with Crippen molar-refractivity contribution in [3.8, 4) is 0 Å². The van der Waals surface area contributed by atoms with E-state index in [1.807, 2.05) is 23.6 Å². The summed E-state index contributed by atoms with van der Waals surface area (Å²) in [4.78, 5) is 28.2. The third-order valence-electron chi connectivity index (χ3n) is 5.15. The molecule has 7 heteroatoms. The fourth-order valence-electron chi connectivity index (χ4n) is 3.65. The predicted octanol–water partition coefficient (Wildman–Crippen LogP) is 1.71. The van der Waals surface area contributed by atoms with Crippen LogP contribution in [0.2, 0.25) is 5.02 Å². The van der Waals surface area contributed by atoms with Crippen LogP contribution in [0.3, 0.4) is 0 Å². The molecule has 0 atom stereocenters. The number of carbonyl (C=O) groups is 2. The lowest BCUT2D eigenvalue weighted by Gasteiger charge is -2.38. The summed E-state index contributed by atoms with van der Waals surface area (Å²) in [6.07, 6.45) is 4.13. The zero-order valence-corrected chi connectivity index (χ0v) is 14.5. The molecule has 2 amide bonds. The van der Waals surface area contributed by atoms with Crippen molar-refractivity contribution in [1.82, 2.24) is 19.6 Å². The number of amides is 2. The normalized spacial score (nSPS) is 20.6. The molecule has 0 aliphatic carbocycles. The SMILES string of the molecule is CCN1CC2(CCN(C(=O)Cn3cc(Cl)c(C)n3)CC2)CC1=O. The number of aryl methyl sites for hydroxylation is 1. The molecule has 6 nitrogen and oxygen atoms in total. The summed E-state index contributed by atoms with van der Waals surface area (Å²) < 4.78 is 1.60. The van der Waals surface area contributed by atoms with Gasteiger partial charge in [0.25, 0.3) is 0 Å². The van der Waals surface area contributed by atoms with E-state index in [1.165, 1.54) is 0 Å². The number of nitrogens with zero attached hydrogens (tertiary/aromatic N) is 4. The van der Waals surface area contributed by atoms with Crippen molar-refractivity contribution < 1.29 is 9.59 Å². The first-order chi connectivity index (χ1) is 10.9. The minimum atomic E-state index is 0.0655. The van der Waals surface area contributed by atoms with Gasteiger partial charge in [-0.25, -0.2) is 0 Å². The van der Waals surface area contributed by atoms with E-state index in [-0.39, 0.29) is 23.8 Å². The Hall–Kier alpha value is -1.56. The van der Waals surface area contributed by atoms with Gasteiger partial charge in [-0.2, -0.15) is 5.10 Å². The van der Waals surface area contributed by atoms with E-state index in [0.717, 1.165) is 44.7 Å². The highest BCUT2D eigenvalue weighted by Gasteiger charge is 2.44. The monoisotopic (exact) mass is 338 g/mol. The van der Waals surface area contributed by atoms with Crippen LogP contribution in [0, 0.1) is 12.3 Å². The third-order valence-corrected chi connectivity index (χ3v) is 5.52. The number of halogens is 1. The number of piperidine rings is 1. The molecule has 3 rings (SSSR count). The first kappa shape index (κ1) is 16.3. The van der Waals surface area contributed by atoms with E-state index >= 15 is 0 Å². The van der Waals surface area contributed by atoms with Crippen molar-refractivity contribution in [3.63, 3.8) is 0 Å². The van der Waals surface area contributed by atoms with E-state index < -0.39 is 0 Å². The molecule has 0 aromatic carbocycles. The highest BCUT2D eigenvalue weighted by atomic mass is 35.5. The van der Waals surface area contributed by atoms with Gasteiger partial charge < -0.3 is 9.80 Å². The Balaban J connectivity index is 1.56. The van der Waals surface area contributed by atoms with Gasteiger partial charge in [-0.3, -0.25) is 14.3 Å². The van der Waals surface area contributed by atoms with Gasteiger partial charge >= 0.3 is 0 Å². The van der Waals surface area contributed by atoms with Crippen molar-refractivity contribution in [2.45, 2.75) is 39.7 Å². The Labute approximate surface area is 141 Å². The Bertz CT molecular complexity index is 600. The summed E-state index contributed by atoms with van der Waals surface area (Å²) >= 11 is 5.98. The molecule has 0 N–H and O–H groups in total. The molecule has 1 spiro atoms. The van der Waals surface area contributed by atoms with Crippen molar-refractivity contribution in [2.24, 2.45) is 5.41 Å². The lowest BCUT2D eigenvalue weighted by atomic mass is 9.77. The lowest BCUT2D eigenvalue weighted by Crippen LogP contribution is -2.45. The lowest BCUT2D eigenvalue weighted by molar-refractivity contribution is -0.134. The zero-order valence-electron chi connectivity index (χ0n) is 13.7. The maximum absolute atomic E-state index is 12.4. The predicted molar refractivity (Wildman–Crippen MR) is 87.1 cm³/mol. The minimum absolute atomic E-state index is 0.0655. The Morgan fingerprint density at radius 1 is 1.39 bits per heavy atom. The van der Waals surface area contributed by atoms with Crippen LogP contribution in [0.4, 0.5) is 0 Å². The number of rotatable bonds is 3. The van der Waals surface area contributed by atoms with Crippen LogP contribution in [0.1, 0.15) is 31.9 Å². The van der Waals surface area contributed by atoms with Crippen LogP contribution >= 0.6 is 11.6 Å². The fraction of sp³-hybridized carbons (Fsp3) is 0.688. The maximum Gasteiger partial charge on any atom is 0.244 e. The number of likely N-dealkylation sites (tertiary alicyclic amines) is 2. The number of aromatic nitrogens is 2. The molecule has 2 aliphatic rings. The standard InChI is InChI=1S/C16H23ClN4O2/c1-3-19-11-16(8-14(19)22)4-6-20(7-5-16)15(23)10-21-9-13(17)12(2)18-21/h9H,3-8,10-11H2,1-2H3. The highest BCUT2D eigenvalue weighted by Crippen LogP contribution is 2.40. The van der Waals surface area contributed by atoms with Crippen LogP contribution in [-0.2, 0) is 16.1 Å². The topological polar surface area (TPSA) is 58.4 Å². The van der Waals surface area contributed by atoms with Crippen molar-refractivity contribution >= 4 is 23.4 Å². The summed E-state index contributed by atoms with van der Waals surface area (Å²) in [5.41, 5.74) is 0.816. The molecular weight excluding hydrogens is 316 g/mol. The molecule has 1 aromatic heterocycles. The van der Waals surface area contributed by atoms with Gasteiger partial charge in [0.05, 0.1) is 10.7 Å². The quantitative estimate of drug-likeness (QED) is 0.843. The van der Waals surface area contributed by atoms with Crippen LogP contribution < -0.4 is 0 Å².